The Labute approximate surface area is 179 Å². The van der Waals surface area contributed by atoms with Crippen molar-refractivity contribution >= 4 is 23.4 Å². The van der Waals surface area contributed by atoms with Crippen molar-refractivity contribution in [3.63, 3.8) is 0 Å². The van der Waals surface area contributed by atoms with Crippen LogP contribution in [-0.4, -0.2) is 41.8 Å². The first-order valence-electron chi connectivity index (χ1n) is 11.3. The van der Waals surface area contributed by atoms with Crippen LogP contribution in [0.3, 0.4) is 0 Å². The van der Waals surface area contributed by atoms with Crippen LogP contribution >= 0.6 is 0 Å². The molecule has 1 aromatic carbocycles. The second-order valence-corrected chi connectivity index (χ2v) is 9.69. The summed E-state index contributed by atoms with van der Waals surface area (Å²) in [4.78, 5) is 39.3. The van der Waals surface area contributed by atoms with Gasteiger partial charge in [-0.3, -0.25) is 14.4 Å². The summed E-state index contributed by atoms with van der Waals surface area (Å²) < 4.78 is 0. The first-order valence-corrected chi connectivity index (χ1v) is 11.3. The number of carbonyl (C=O) groups excluding carboxylic acids is 3. The summed E-state index contributed by atoms with van der Waals surface area (Å²) in [6.45, 7) is 6.78. The molecule has 6 heteroatoms. The number of nitrogens with one attached hydrogen (secondary N) is 2. The van der Waals surface area contributed by atoms with Gasteiger partial charge in [-0.15, -0.1) is 0 Å². The van der Waals surface area contributed by atoms with Gasteiger partial charge in [-0.2, -0.15) is 0 Å². The SMILES string of the molecule is CC(C)(C)C(=O)Nc1ccc(C(=O)N2CCC(C(=O)NC3CCCCC3)CC2)cc1. The molecule has 6 nitrogen and oxygen atoms in total. The Balaban J connectivity index is 1.48. The van der Waals surface area contributed by atoms with Crippen molar-refractivity contribution < 1.29 is 14.4 Å². The third-order valence-electron chi connectivity index (χ3n) is 6.18. The Morgan fingerprint density at radius 3 is 2.07 bits per heavy atom. The molecule has 2 aliphatic rings. The number of carbonyl (C=O) groups is 3. The summed E-state index contributed by atoms with van der Waals surface area (Å²) in [6, 6.07) is 7.37. The zero-order valence-electron chi connectivity index (χ0n) is 18.5. The van der Waals surface area contributed by atoms with E-state index in [9.17, 15) is 14.4 Å². The van der Waals surface area contributed by atoms with Crippen molar-refractivity contribution in [3.8, 4) is 0 Å². The minimum absolute atomic E-state index is 0.00552. The van der Waals surface area contributed by atoms with E-state index in [1.54, 1.807) is 24.3 Å². The molecule has 1 heterocycles. The van der Waals surface area contributed by atoms with Crippen molar-refractivity contribution in [3.05, 3.63) is 29.8 Å². The summed E-state index contributed by atoms with van der Waals surface area (Å²) >= 11 is 0. The van der Waals surface area contributed by atoms with Gasteiger partial charge in [0.05, 0.1) is 0 Å². The van der Waals surface area contributed by atoms with Crippen LogP contribution in [0, 0.1) is 11.3 Å². The summed E-state index contributed by atoms with van der Waals surface area (Å²) in [5.41, 5.74) is 0.820. The van der Waals surface area contributed by atoms with Gasteiger partial charge in [-0.1, -0.05) is 40.0 Å². The second-order valence-electron chi connectivity index (χ2n) is 9.69. The third kappa shape index (κ3) is 5.83. The molecule has 1 saturated heterocycles. The normalized spacial score (nSPS) is 18.7. The van der Waals surface area contributed by atoms with Gasteiger partial charge in [-0.25, -0.2) is 0 Å². The maximum Gasteiger partial charge on any atom is 0.253 e. The molecule has 1 aliphatic carbocycles. The lowest BCUT2D eigenvalue weighted by atomic mass is 9.92. The highest BCUT2D eigenvalue weighted by Crippen LogP contribution is 2.23. The molecule has 0 atom stereocenters. The van der Waals surface area contributed by atoms with Crippen LogP contribution in [0.4, 0.5) is 5.69 Å². The van der Waals surface area contributed by atoms with Crippen molar-refractivity contribution in [2.75, 3.05) is 18.4 Å². The van der Waals surface area contributed by atoms with E-state index in [0.717, 1.165) is 12.8 Å². The number of rotatable bonds is 4. The topological polar surface area (TPSA) is 78.5 Å². The Morgan fingerprint density at radius 2 is 1.50 bits per heavy atom. The van der Waals surface area contributed by atoms with Crippen LogP contribution in [0.2, 0.25) is 0 Å². The highest BCUT2D eigenvalue weighted by Gasteiger charge is 2.29. The number of benzene rings is 1. The minimum Gasteiger partial charge on any atom is -0.353 e. The monoisotopic (exact) mass is 413 g/mol. The average molecular weight is 414 g/mol. The molecular formula is C24H35N3O3. The Bertz CT molecular complexity index is 753. The van der Waals surface area contributed by atoms with E-state index in [0.29, 0.717) is 43.2 Å². The summed E-state index contributed by atoms with van der Waals surface area (Å²) in [5, 5.41) is 6.09. The van der Waals surface area contributed by atoms with E-state index in [-0.39, 0.29) is 23.6 Å². The largest absolute Gasteiger partial charge is 0.353 e. The van der Waals surface area contributed by atoms with Gasteiger partial charge in [-0.05, 0) is 49.9 Å². The van der Waals surface area contributed by atoms with E-state index in [1.807, 2.05) is 25.7 Å². The van der Waals surface area contributed by atoms with Crippen LogP contribution < -0.4 is 10.6 Å². The molecule has 2 N–H and O–H groups in total. The number of amides is 3. The molecule has 2 fully saturated rings. The lowest BCUT2D eigenvalue weighted by Gasteiger charge is -2.33. The van der Waals surface area contributed by atoms with Crippen molar-refractivity contribution in [2.45, 2.75) is 71.8 Å². The molecule has 0 bridgehead atoms. The number of piperidine rings is 1. The van der Waals surface area contributed by atoms with Crippen LogP contribution in [-0.2, 0) is 9.59 Å². The van der Waals surface area contributed by atoms with Crippen molar-refractivity contribution in [1.29, 1.82) is 0 Å². The molecule has 0 radical (unpaired) electrons. The molecular weight excluding hydrogens is 378 g/mol. The van der Waals surface area contributed by atoms with Gasteiger partial charge in [0.15, 0.2) is 0 Å². The maximum absolute atomic E-state index is 12.8. The Hall–Kier alpha value is -2.37. The molecule has 3 amide bonds. The first kappa shape index (κ1) is 22.3. The molecule has 1 aliphatic heterocycles. The number of anilines is 1. The number of hydrogen-bond acceptors (Lipinski definition) is 3. The minimum atomic E-state index is -0.470. The highest BCUT2D eigenvalue weighted by molar-refractivity contribution is 5.97. The van der Waals surface area contributed by atoms with E-state index in [4.69, 9.17) is 0 Å². The predicted octanol–water partition coefficient (Wildman–Crippen LogP) is 3.97. The summed E-state index contributed by atoms with van der Waals surface area (Å²) in [6.07, 6.45) is 7.29. The molecule has 164 valence electrons. The standard InChI is InChI=1S/C24H35N3O3/c1-24(2,3)23(30)26-20-11-9-18(10-12-20)22(29)27-15-13-17(14-16-27)21(28)25-19-7-5-4-6-8-19/h9-12,17,19H,4-8,13-16H2,1-3H3,(H,25,28)(H,26,30). The zero-order valence-corrected chi connectivity index (χ0v) is 18.5. The average Bonchev–Trinajstić information content (AvgIpc) is 2.74. The number of hydrogen-bond donors (Lipinski definition) is 2. The van der Waals surface area contributed by atoms with E-state index < -0.39 is 5.41 Å². The first-order chi connectivity index (χ1) is 14.2. The lowest BCUT2D eigenvalue weighted by molar-refractivity contribution is -0.127. The van der Waals surface area contributed by atoms with Gasteiger partial charge < -0.3 is 15.5 Å². The van der Waals surface area contributed by atoms with Gasteiger partial charge in [0.1, 0.15) is 0 Å². The number of nitrogens with zero attached hydrogens (tertiary/aromatic N) is 1. The Kier molecular flexibility index (Phi) is 7.16. The van der Waals surface area contributed by atoms with Gasteiger partial charge >= 0.3 is 0 Å². The zero-order chi connectivity index (χ0) is 21.7. The smallest absolute Gasteiger partial charge is 0.253 e. The predicted molar refractivity (Wildman–Crippen MR) is 118 cm³/mol. The molecule has 1 aromatic rings. The van der Waals surface area contributed by atoms with Crippen molar-refractivity contribution in [2.24, 2.45) is 11.3 Å². The van der Waals surface area contributed by atoms with Crippen molar-refractivity contribution in [1.82, 2.24) is 10.2 Å². The Morgan fingerprint density at radius 1 is 0.900 bits per heavy atom. The molecule has 0 spiro atoms. The molecule has 0 unspecified atom stereocenters. The summed E-state index contributed by atoms with van der Waals surface area (Å²) in [5.74, 6) is 0.0869. The van der Waals surface area contributed by atoms with Crippen LogP contribution in [0.15, 0.2) is 24.3 Å². The fourth-order valence-electron chi connectivity index (χ4n) is 4.11. The molecule has 3 rings (SSSR count). The van der Waals surface area contributed by atoms with E-state index in [2.05, 4.69) is 10.6 Å². The third-order valence-corrected chi connectivity index (χ3v) is 6.18. The lowest BCUT2D eigenvalue weighted by Crippen LogP contribution is -2.45. The molecule has 30 heavy (non-hydrogen) atoms. The highest BCUT2D eigenvalue weighted by atomic mass is 16.2. The fraction of sp³-hybridized carbons (Fsp3) is 0.625. The summed E-state index contributed by atoms with van der Waals surface area (Å²) in [7, 11) is 0. The van der Waals surface area contributed by atoms with E-state index >= 15 is 0 Å². The number of likely N-dealkylation sites (tertiary alicyclic amines) is 1. The fourth-order valence-corrected chi connectivity index (χ4v) is 4.11. The van der Waals surface area contributed by atoms with Crippen LogP contribution in [0.5, 0.6) is 0 Å². The van der Waals surface area contributed by atoms with Gasteiger partial charge in [0.2, 0.25) is 11.8 Å². The van der Waals surface area contributed by atoms with Crippen LogP contribution in [0.25, 0.3) is 0 Å². The maximum atomic E-state index is 12.8. The van der Waals surface area contributed by atoms with Gasteiger partial charge in [0, 0.05) is 41.7 Å². The van der Waals surface area contributed by atoms with Gasteiger partial charge in [0.25, 0.3) is 5.91 Å². The molecule has 0 aromatic heterocycles. The quantitative estimate of drug-likeness (QED) is 0.784. The van der Waals surface area contributed by atoms with E-state index in [1.165, 1.54) is 19.3 Å². The second kappa shape index (κ2) is 9.63. The molecule has 1 saturated carbocycles. The van der Waals surface area contributed by atoms with Crippen LogP contribution in [0.1, 0.15) is 76.1 Å².